The maximum absolute atomic E-state index is 12.3. The molecule has 1 saturated carbocycles. The summed E-state index contributed by atoms with van der Waals surface area (Å²) in [6, 6.07) is 6.68. The molecule has 0 unspecified atom stereocenters. The number of aromatic nitrogens is 2. The van der Waals surface area contributed by atoms with Crippen LogP contribution in [0.3, 0.4) is 0 Å². The van der Waals surface area contributed by atoms with Crippen LogP contribution in [0.1, 0.15) is 34.5 Å². The lowest BCUT2D eigenvalue weighted by atomic mass is 10.1. The van der Waals surface area contributed by atoms with Crippen molar-refractivity contribution in [3.8, 4) is 6.07 Å². The predicted octanol–water partition coefficient (Wildman–Crippen LogP) is 0.210. The number of aliphatic hydroxyl groups is 1. The van der Waals surface area contributed by atoms with Gasteiger partial charge in [0.2, 0.25) is 5.91 Å². The Hall–Kier alpha value is -3.71. The van der Waals surface area contributed by atoms with Gasteiger partial charge in [-0.3, -0.25) is 19.4 Å². The molecule has 5 N–H and O–H groups in total. The number of aliphatic hydroxyl groups excluding tert-OH is 1. The number of aromatic amines is 1. The first-order chi connectivity index (χ1) is 14.5. The number of hydrogen-bond acceptors (Lipinski definition) is 6. The number of pyridine rings is 1. The van der Waals surface area contributed by atoms with Crippen molar-refractivity contribution in [1.29, 1.82) is 5.26 Å². The lowest BCUT2D eigenvalue weighted by Gasteiger charge is -2.15. The van der Waals surface area contributed by atoms with E-state index in [1.807, 2.05) is 18.2 Å². The van der Waals surface area contributed by atoms with Crippen LogP contribution in [-0.2, 0) is 16.0 Å². The summed E-state index contributed by atoms with van der Waals surface area (Å²) in [6.45, 7) is 0.256. The van der Waals surface area contributed by atoms with E-state index in [-0.39, 0.29) is 24.0 Å². The summed E-state index contributed by atoms with van der Waals surface area (Å²) >= 11 is 0. The molecule has 30 heavy (non-hydrogen) atoms. The molecule has 10 heteroatoms. The minimum atomic E-state index is -0.782. The van der Waals surface area contributed by atoms with Crippen LogP contribution in [0.5, 0.6) is 0 Å². The third-order valence-electron chi connectivity index (χ3n) is 4.74. The van der Waals surface area contributed by atoms with Crippen molar-refractivity contribution in [1.82, 2.24) is 20.6 Å². The minimum Gasteiger partial charge on any atom is -0.483 e. The molecule has 0 bridgehead atoms. The maximum Gasteiger partial charge on any atom is 0.290 e. The highest BCUT2D eigenvalue weighted by Crippen LogP contribution is 2.26. The molecule has 10 nitrogen and oxygen atoms in total. The summed E-state index contributed by atoms with van der Waals surface area (Å²) in [5, 5.41) is 31.5. The molecule has 3 rings (SSSR count). The van der Waals surface area contributed by atoms with Gasteiger partial charge >= 0.3 is 0 Å². The number of H-pyrrole nitrogens is 1. The number of nitrogens with zero attached hydrogens (tertiary/aromatic N) is 2. The van der Waals surface area contributed by atoms with Gasteiger partial charge in [0.05, 0.1) is 17.7 Å². The highest BCUT2D eigenvalue weighted by atomic mass is 16.3. The van der Waals surface area contributed by atoms with Gasteiger partial charge in [0.15, 0.2) is 0 Å². The van der Waals surface area contributed by atoms with E-state index in [2.05, 4.69) is 20.6 Å². The number of carbonyl (C=O) groups excluding carboxylic acids is 2. The molecule has 0 aliphatic heterocycles. The third-order valence-corrected chi connectivity index (χ3v) is 4.74. The molecule has 2 heterocycles. The van der Waals surface area contributed by atoms with E-state index < -0.39 is 18.1 Å². The van der Waals surface area contributed by atoms with E-state index in [4.69, 9.17) is 15.2 Å². The van der Waals surface area contributed by atoms with Crippen molar-refractivity contribution >= 4 is 18.3 Å². The zero-order valence-electron chi connectivity index (χ0n) is 16.1. The molecular weight excluding hydrogens is 390 g/mol. The molecule has 1 fully saturated rings. The molecule has 0 aromatic carbocycles. The number of nitriles is 1. The summed E-state index contributed by atoms with van der Waals surface area (Å²) in [6.07, 6.45) is 5.47. The number of nitrogens with one attached hydrogen (secondary N) is 3. The highest BCUT2D eigenvalue weighted by molar-refractivity contribution is 5.93. The van der Waals surface area contributed by atoms with Gasteiger partial charge in [-0.1, -0.05) is 0 Å². The topological polar surface area (TPSA) is 168 Å². The van der Waals surface area contributed by atoms with Gasteiger partial charge in [-0.05, 0) is 43.0 Å². The van der Waals surface area contributed by atoms with Gasteiger partial charge < -0.3 is 25.8 Å². The summed E-state index contributed by atoms with van der Waals surface area (Å²) in [5.74, 6) is -0.869. The molecular formula is C20H23N5O5. The van der Waals surface area contributed by atoms with Crippen LogP contribution in [0.4, 0.5) is 0 Å². The first-order valence-electron chi connectivity index (χ1n) is 9.30. The molecule has 2 aromatic heterocycles. The number of hydrogen-bond donors (Lipinski definition) is 5. The van der Waals surface area contributed by atoms with Crippen LogP contribution in [0.15, 0.2) is 36.8 Å². The Morgan fingerprint density at radius 2 is 2.03 bits per heavy atom. The van der Waals surface area contributed by atoms with Crippen molar-refractivity contribution in [3.63, 3.8) is 0 Å². The van der Waals surface area contributed by atoms with E-state index in [0.717, 1.165) is 5.56 Å². The fourth-order valence-electron chi connectivity index (χ4n) is 3.24. The lowest BCUT2D eigenvalue weighted by molar-refractivity contribution is -0.125. The Balaban J connectivity index is 0.00000101. The van der Waals surface area contributed by atoms with E-state index in [9.17, 15) is 14.7 Å². The molecule has 2 aromatic rings. The van der Waals surface area contributed by atoms with Gasteiger partial charge in [-0.25, -0.2) is 0 Å². The fourth-order valence-corrected chi connectivity index (χ4v) is 3.24. The van der Waals surface area contributed by atoms with Crippen LogP contribution in [0.25, 0.3) is 0 Å². The molecule has 1 aliphatic carbocycles. The predicted molar refractivity (Wildman–Crippen MR) is 105 cm³/mol. The molecule has 2 amide bonds. The Morgan fingerprint density at radius 1 is 1.33 bits per heavy atom. The maximum atomic E-state index is 12.3. The number of amides is 2. The van der Waals surface area contributed by atoms with Gasteiger partial charge in [-0.15, -0.1) is 0 Å². The fraction of sp³-hybridized carbons (Fsp3) is 0.350. The first-order valence-corrected chi connectivity index (χ1v) is 9.30. The molecule has 0 spiro atoms. The van der Waals surface area contributed by atoms with Crippen LogP contribution in [-0.4, -0.2) is 57.2 Å². The van der Waals surface area contributed by atoms with Gasteiger partial charge in [0.25, 0.3) is 12.4 Å². The molecule has 0 saturated heterocycles. The van der Waals surface area contributed by atoms with Crippen molar-refractivity contribution in [2.24, 2.45) is 5.92 Å². The number of rotatable bonds is 6. The normalized spacial score (nSPS) is 19.7. The van der Waals surface area contributed by atoms with Crippen LogP contribution in [0.2, 0.25) is 0 Å². The Kier molecular flexibility index (Phi) is 8.53. The van der Waals surface area contributed by atoms with E-state index in [0.29, 0.717) is 31.4 Å². The molecule has 1 aliphatic rings. The Bertz CT molecular complexity index is 892. The average Bonchev–Trinajstić information content (AvgIpc) is 3.36. The van der Waals surface area contributed by atoms with Crippen molar-refractivity contribution in [2.45, 2.75) is 31.4 Å². The average molecular weight is 413 g/mol. The first kappa shape index (κ1) is 22.6. The third kappa shape index (κ3) is 6.42. The monoisotopic (exact) mass is 413 g/mol. The number of carbonyl (C=O) groups is 3. The lowest BCUT2D eigenvalue weighted by Crippen LogP contribution is -2.40. The van der Waals surface area contributed by atoms with Crippen molar-refractivity contribution in [2.75, 3.05) is 6.54 Å². The number of carboxylic acid groups (broad SMARTS) is 1. The SMILES string of the molecule is N#Cc1c[nH]c(C(=O)N[C@@H]2C[C@H](C(=O)NCCc3ccncc3)C[C@H]2O)c1.O=CO. The van der Waals surface area contributed by atoms with Crippen LogP contribution in [0, 0.1) is 17.2 Å². The smallest absolute Gasteiger partial charge is 0.290 e. The van der Waals surface area contributed by atoms with Crippen molar-refractivity contribution in [3.05, 3.63) is 53.6 Å². The largest absolute Gasteiger partial charge is 0.483 e. The highest BCUT2D eigenvalue weighted by Gasteiger charge is 2.37. The Labute approximate surface area is 172 Å². The van der Waals surface area contributed by atoms with E-state index in [1.165, 1.54) is 12.3 Å². The van der Waals surface area contributed by atoms with E-state index in [1.54, 1.807) is 12.4 Å². The van der Waals surface area contributed by atoms with E-state index >= 15 is 0 Å². The van der Waals surface area contributed by atoms with Crippen molar-refractivity contribution < 1.29 is 24.6 Å². The van der Waals surface area contributed by atoms with Gasteiger partial charge in [0.1, 0.15) is 11.8 Å². The second kappa shape index (κ2) is 11.3. The second-order valence-electron chi connectivity index (χ2n) is 6.73. The minimum absolute atomic E-state index is 0.119. The van der Waals surface area contributed by atoms with Crippen LogP contribution < -0.4 is 10.6 Å². The zero-order chi connectivity index (χ0) is 21.9. The summed E-state index contributed by atoms with van der Waals surface area (Å²) in [5.41, 5.74) is 1.70. The van der Waals surface area contributed by atoms with Gasteiger partial charge in [0, 0.05) is 31.1 Å². The Morgan fingerprint density at radius 3 is 2.67 bits per heavy atom. The summed E-state index contributed by atoms with van der Waals surface area (Å²) < 4.78 is 0. The summed E-state index contributed by atoms with van der Waals surface area (Å²) in [7, 11) is 0. The quantitative estimate of drug-likeness (QED) is 0.422. The standard InChI is InChI=1S/C19H21N5O3.CH2O2/c20-10-13-7-16(23-11-13)19(27)24-15-8-14(9-17(15)25)18(26)22-6-3-12-1-4-21-5-2-12;2-1-3/h1-2,4-5,7,11,14-15,17,23,25H,3,6,8-9H2,(H,22,26)(H,24,27);1H,(H,2,3)/t14-,15+,17+;/m0./s1. The second-order valence-corrected chi connectivity index (χ2v) is 6.73. The van der Waals surface area contributed by atoms with Crippen LogP contribution >= 0.6 is 0 Å². The molecule has 158 valence electrons. The zero-order valence-corrected chi connectivity index (χ0v) is 16.1. The molecule has 0 radical (unpaired) electrons. The summed E-state index contributed by atoms with van der Waals surface area (Å²) in [4.78, 5) is 39.6. The van der Waals surface area contributed by atoms with Gasteiger partial charge in [-0.2, -0.15) is 5.26 Å². The molecule has 3 atom stereocenters.